The normalized spacial score (nSPS) is 11.9. The monoisotopic (exact) mass is 237 g/mol. The van der Waals surface area contributed by atoms with E-state index in [2.05, 4.69) is 0 Å². The van der Waals surface area contributed by atoms with Crippen LogP contribution in [0.1, 0.15) is 31.9 Å². The van der Waals surface area contributed by atoms with Crippen molar-refractivity contribution in [3.8, 4) is 5.75 Å². The van der Waals surface area contributed by atoms with Crippen LogP contribution < -0.4 is 10.5 Å². The SMILES string of the molecule is CCCOc1ccc([C@@H](N)C(=O)OCC)cc1. The van der Waals surface area contributed by atoms with E-state index in [1.165, 1.54) is 0 Å². The number of carbonyl (C=O) groups is 1. The molecule has 94 valence electrons. The van der Waals surface area contributed by atoms with Crippen LogP contribution in [-0.2, 0) is 9.53 Å². The van der Waals surface area contributed by atoms with Gasteiger partial charge in [0.25, 0.3) is 0 Å². The highest BCUT2D eigenvalue weighted by Gasteiger charge is 2.16. The molecule has 0 radical (unpaired) electrons. The van der Waals surface area contributed by atoms with E-state index in [0.29, 0.717) is 13.2 Å². The second-order valence-electron chi connectivity index (χ2n) is 3.65. The van der Waals surface area contributed by atoms with E-state index in [-0.39, 0.29) is 0 Å². The predicted molar refractivity (Wildman–Crippen MR) is 65.8 cm³/mol. The maximum absolute atomic E-state index is 11.4. The molecule has 4 heteroatoms. The van der Waals surface area contributed by atoms with Gasteiger partial charge in [-0.05, 0) is 31.0 Å². The molecule has 1 aromatic carbocycles. The summed E-state index contributed by atoms with van der Waals surface area (Å²) >= 11 is 0. The Balaban J connectivity index is 2.63. The molecule has 0 aromatic heterocycles. The number of nitrogens with two attached hydrogens (primary N) is 1. The van der Waals surface area contributed by atoms with E-state index in [1.807, 2.05) is 19.1 Å². The Bertz CT molecular complexity index is 348. The number of esters is 1. The van der Waals surface area contributed by atoms with Crippen molar-refractivity contribution in [1.82, 2.24) is 0 Å². The van der Waals surface area contributed by atoms with E-state index in [1.54, 1.807) is 19.1 Å². The molecular formula is C13H19NO3. The third kappa shape index (κ3) is 4.07. The lowest BCUT2D eigenvalue weighted by Crippen LogP contribution is -2.23. The van der Waals surface area contributed by atoms with Crippen LogP contribution in [0.25, 0.3) is 0 Å². The zero-order valence-electron chi connectivity index (χ0n) is 10.3. The Labute approximate surface area is 102 Å². The summed E-state index contributed by atoms with van der Waals surface area (Å²) in [7, 11) is 0. The highest BCUT2D eigenvalue weighted by Crippen LogP contribution is 2.17. The van der Waals surface area contributed by atoms with Gasteiger partial charge in [0.05, 0.1) is 13.2 Å². The van der Waals surface area contributed by atoms with Gasteiger partial charge in [0, 0.05) is 0 Å². The predicted octanol–water partition coefficient (Wildman–Crippen LogP) is 2.04. The van der Waals surface area contributed by atoms with E-state index in [9.17, 15) is 4.79 Å². The van der Waals surface area contributed by atoms with Crippen molar-refractivity contribution in [2.24, 2.45) is 5.73 Å². The minimum absolute atomic E-state index is 0.338. The zero-order valence-corrected chi connectivity index (χ0v) is 10.3. The number of rotatable bonds is 6. The minimum Gasteiger partial charge on any atom is -0.494 e. The van der Waals surface area contributed by atoms with Crippen LogP contribution in [0.5, 0.6) is 5.75 Å². The van der Waals surface area contributed by atoms with Crippen molar-refractivity contribution in [3.05, 3.63) is 29.8 Å². The molecule has 0 spiro atoms. The summed E-state index contributed by atoms with van der Waals surface area (Å²) in [4.78, 5) is 11.4. The summed E-state index contributed by atoms with van der Waals surface area (Å²) in [6.07, 6.45) is 0.962. The van der Waals surface area contributed by atoms with Crippen molar-refractivity contribution in [3.63, 3.8) is 0 Å². The molecule has 0 amide bonds. The molecule has 0 saturated heterocycles. The molecule has 17 heavy (non-hydrogen) atoms. The quantitative estimate of drug-likeness (QED) is 0.769. The van der Waals surface area contributed by atoms with Gasteiger partial charge in [-0.1, -0.05) is 19.1 Å². The van der Waals surface area contributed by atoms with Crippen LogP contribution in [0.2, 0.25) is 0 Å². The molecule has 0 aliphatic rings. The van der Waals surface area contributed by atoms with Crippen LogP contribution in [-0.4, -0.2) is 19.2 Å². The van der Waals surface area contributed by atoms with Crippen LogP contribution >= 0.6 is 0 Å². The van der Waals surface area contributed by atoms with E-state index in [4.69, 9.17) is 15.2 Å². The van der Waals surface area contributed by atoms with E-state index >= 15 is 0 Å². The van der Waals surface area contributed by atoms with Crippen molar-refractivity contribution >= 4 is 5.97 Å². The Morgan fingerprint density at radius 1 is 1.29 bits per heavy atom. The second-order valence-corrected chi connectivity index (χ2v) is 3.65. The molecular weight excluding hydrogens is 218 g/mol. The highest BCUT2D eigenvalue weighted by molar-refractivity contribution is 5.77. The highest BCUT2D eigenvalue weighted by atomic mass is 16.5. The van der Waals surface area contributed by atoms with E-state index in [0.717, 1.165) is 17.7 Å². The van der Waals surface area contributed by atoms with Gasteiger partial charge < -0.3 is 15.2 Å². The van der Waals surface area contributed by atoms with Gasteiger partial charge in [-0.15, -0.1) is 0 Å². The summed E-state index contributed by atoms with van der Waals surface area (Å²) in [5.41, 5.74) is 6.49. The fourth-order valence-corrected chi connectivity index (χ4v) is 1.36. The van der Waals surface area contributed by atoms with Crippen LogP contribution in [0.15, 0.2) is 24.3 Å². The summed E-state index contributed by atoms with van der Waals surface area (Å²) in [6.45, 7) is 4.82. The number of hydrogen-bond acceptors (Lipinski definition) is 4. The van der Waals surface area contributed by atoms with Gasteiger partial charge in [0.1, 0.15) is 11.8 Å². The molecule has 1 atom stereocenters. The fraction of sp³-hybridized carbons (Fsp3) is 0.462. The Hall–Kier alpha value is -1.55. The van der Waals surface area contributed by atoms with Crippen LogP contribution in [0.4, 0.5) is 0 Å². The maximum Gasteiger partial charge on any atom is 0.327 e. The van der Waals surface area contributed by atoms with Gasteiger partial charge in [0.15, 0.2) is 0 Å². The first kappa shape index (κ1) is 13.5. The lowest BCUT2D eigenvalue weighted by Gasteiger charge is -2.11. The van der Waals surface area contributed by atoms with Crippen molar-refractivity contribution in [2.45, 2.75) is 26.3 Å². The molecule has 0 bridgehead atoms. The molecule has 1 aromatic rings. The third-order valence-electron chi connectivity index (χ3n) is 2.25. The standard InChI is InChI=1S/C13H19NO3/c1-3-9-17-11-7-5-10(6-8-11)12(14)13(15)16-4-2/h5-8,12H,3-4,9,14H2,1-2H3/t12-/m1/s1. The molecule has 0 heterocycles. The average molecular weight is 237 g/mol. The van der Waals surface area contributed by atoms with Gasteiger partial charge in [-0.2, -0.15) is 0 Å². The van der Waals surface area contributed by atoms with Crippen molar-refractivity contribution in [1.29, 1.82) is 0 Å². The zero-order chi connectivity index (χ0) is 12.7. The van der Waals surface area contributed by atoms with Crippen molar-refractivity contribution in [2.75, 3.05) is 13.2 Å². The summed E-state index contributed by atoms with van der Waals surface area (Å²) in [6, 6.07) is 6.46. The number of ether oxygens (including phenoxy) is 2. The first-order valence-electron chi connectivity index (χ1n) is 5.84. The molecule has 2 N–H and O–H groups in total. The summed E-state index contributed by atoms with van der Waals surface area (Å²) in [5, 5.41) is 0. The minimum atomic E-state index is -0.727. The first-order valence-corrected chi connectivity index (χ1v) is 5.84. The molecule has 4 nitrogen and oxygen atoms in total. The van der Waals surface area contributed by atoms with Gasteiger partial charge in [-0.3, -0.25) is 0 Å². The molecule has 0 aliphatic carbocycles. The van der Waals surface area contributed by atoms with Crippen LogP contribution in [0.3, 0.4) is 0 Å². The Kier molecular flexibility index (Phi) is 5.49. The molecule has 0 saturated carbocycles. The smallest absolute Gasteiger partial charge is 0.327 e. The van der Waals surface area contributed by atoms with Crippen LogP contribution in [0, 0.1) is 0 Å². The molecule has 0 fully saturated rings. The molecule has 0 unspecified atom stereocenters. The lowest BCUT2D eigenvalue weighted by atomic mass is 10.1. The molecule has 1 rings (SSSR count). The summed E-state index contributed by atoms with van der Waals surface area (Å²) < 4.78 is 10.3. The Morgan fingerprint density at radius 3 is 2.47 bits per heavy atom. The largest absolute Gasteiger partial charge is 0.494 e. The maximum atomic E-state index is 11.4. The third-order valence-corrected chi connectivity index (χ3v) is 2.25. The fourth-order valence-electron chi connectivity index (χ4n) is 1.36. The topological polar surface area (TPSA) is 61.5 Å². The van der Waals surface area contributed by atoms with Gasteiger partial charge in [0.2, 0.25) is 0 Å². The number of hydrogen-bond donors (Lipinski definition) is 1. The first-order chi connectivity index (χ1) is 8.19. The average Bonchev–Trinajstić information content (AvgIpc) is 2.36. The van der Waals surface area contributed by atoms with Gasteiger partial charge >= 0.3 is 5.97 Å². The van der Waals surface area contributed by atoms with E-state index < -0.39 is 12.0 Å². The second kappa shape index (κ2) is 6.91. The number of carbonyl (C=O) groups excluding carboxylic acids is 1. The lowest BCUT2D eigenvalue weighted by molar-refractivity contribution is -0.144. The number of benzene rings is 1. The summed E-state index contributed by atoms with van der Waals surface area (Å²) in [5.74, 6) is 0.376. The molecule has 0 aliphatic heterocycles. The van der Waals surface area contributed by atoms with Gasteiger partial charge in [-0.25, -0.2) is 4.79 Å². The van der Waals surface area contributed by atoms with Crippen molar-refractivity contribution < 1.29 is 14.3 Å². The Morgan fingerprint density at radius 2 is 1.94 bits per heavy atom.